The summed E-state index contributed by atoms with van der Waals surface area (Å²) in [6, 6.07) is 15.2. The molecule has 2 amide bonds. The molecule has 0 bridgehead atoms. The van der Waals surface area contributed by atoms with Crippen LogP contribution in [0.3, 0.4) is 0 Å². The first kappa shape index (κ1) is 22.6. The Balaban J connectivity index is 2.12. The number of hydrogen-bond acceptors (Lipinski definition) is 3. The summed E-state index contributed by atoms with van der Waals surface area (Å²) < 4.78 is 68.4. The van der Waals surface area contributed by atoms with E-state index in [9.17, 15) is 26.4 Å². The molecule has 31 heavy (non-hydrogen) atoms. The third-order valence-corrected chi connectivity index (χ3v) is 6.28. The van der Waals surface area contributed by atoms with Gasteiger partial charge in [0.1, 0.15) is 0 Å². The fourth-order valence-corrected chi connectivity index (χ4v) is 4.66. The first-order valence-corrected chi connectivity index (χ1v) is 10.9. The highest BCUT2D eigenvalue weighted by Crippen LogP contribution is 2.38. The van der Waals surface area contributed by atoms with Crippen molar-refractivity contribution >= 4 is 49.0 Å². The molecule has 3 aromatic carbocycles. The van der Waals surface area contributed by atoms with E-state index < -0.39 is 32.7 Å². The van der Waals surface area contributed by atoms with Crippen LogP contribution in [0.5, 0.6) is 0 Å². The molecule has 0 saturated carbocycles. The van der Waals surface area contributed by atoms with Gasteiger partial charge in [-0.3, -0.25) is 9.62 Å². The number of urea groups is 1. The first-order valence-electron chi connectivity index (χ1n) is 8.64. The van der Waals surface area contributed by atoms with Crippen LogP contribution in [-0.2, 0) is 16.2 Å². The molecule has 0 spiro atoms. The Morgan fingerprint density at radius 1 is 0.903 bits per heavy atom. The predicted octanol–water partition coefficient (Wildman–Crippen LogP) is 5.49. The van der Waals surface area contributed by atoms with E-state index in [1.54, 1.807) is 24.3 Å². The topological polar surface area (TPSA) is 92.5 Å². The van der Waals surface area contributed by atoms with Crippen molar-refractivity contribution in [1.29, 1.82) is 0 Å². The average Bonchev–Trinajstić information content (AvgIpc) is 2.70. The van der Waals surface area contributed by atoms with Crippen LogP contribution in [-0.4, -0.2) is 14.4 Å². The van der Waals surface area contributed by atoms with E-state index in [-0.39, 0.29) is 11.4 Å². The second-order valence-electron chi connectivity index (χ2n) is 6.24. The van der Waals surface area contributed by atoms with E-state index in [4.69, 9.17) is 5.73 Å². The maximum Gasteiger partial charge on any atom is 0.417 e. The first-order chi connectivity index (χ1) is 14.5. The summed E-state index contributed by atoms with van der Waals surface area (Å²) in [7, 11) is -4.66. The summed E-state index contributed by atoms with van der Waals surface area (Å²) in [4.78, 5) is 12.3. The molecule has 162 valence electrons. The molecule has 0 aliphatic carbocycles. The number of alkyl halides is 3. The second kappa shape index (κ2) is 8.60. The number of para-hydroxylation sites is 3. The van der Waals surface area contributed by atoms with E-state index in [0.29, 0.717) is 16.2 Å². The number of nitrogens with one attached hydrogen (secondary N) is 1. The summed E-state index contributed by atoms with van der Waals surface area (Å²) >= 11 is 3.30. The minimum Gasteiger partial charge on any atom is -0.351 e. The minimum absolute atomic E-state index is 0.0370. The van der Waals surface area contributed by atoms with Crippen LogP contribution in [0.25, 0.3) is 0 Å². The fourth-order valence-electron chi connectivity index (χ4n) is 2.89. The molecule has 0 fully saturated rings. The Morgan fingerprint density at radius 3 is 2.06 bits per heavy atom. The number of nitrogens with two attached hydrogens (primary N) is 1. The van der Waals surface area contributed by atoms with Gasteiger partial charge in [0.05, 0.1) is 27.5 Å². The molecule has 0 saturated heterocycles. The van der Waals surface area contributed by atoms with Gasteiger partial charge in [0.2, 0.25) is 0 Å². The lowest BCUT2D eigenvalue weighted by Gasteiger charge is -2.25. The van der Waals surface area contributed by atoms with E-state index >= 15 is 0 Å². The van der Waals surface area contributed by atoms with Crippen molar-refractivity contribution in [3.63, 3.8) is 0 Å². The van der Waals surface area contributed by atoms with Crippen LogP contribution in [0.2, 0.25) is 0 Å². The monoisotopic (exact) mass is 513 g/mol. The third kappa shape index (κ3) is 4.83. The molecule has 0 heterocycles. The third-order valence-electron chi connectivity index (χ3n) is 4.18. The van der Waals surface area contributed by atoms with Gasteiger partial charge in [-0.15, -0.1) is 0 Å². The lowest BCUT2D eigenvalue weighted by atomic mass is 10.2. The number of hydrogen-bond donors (Lipinski definition) is 2. The molecular formula is C20H15BrF3N3O3S. The molecule has 3 aromatic rings. The smallest absolute Gasteiger partial charge is 0.351 e. The van der Waals surface area contributed by atoms with Gasteiger partial charge in [-0.2, -0.15) is 13.2 Å². The maximum atomic E-state index is 13.3. The highest BCUT2D eigenvalue weighted by Gasteiger charge is 2.37. The number of carbonyl (C=O) groups is 1. The summed E-state index contributed by atoms with van der Waals surface area (Å²) in [5.74, 6) is 0. The number of halogens is 4. The van der Waals surface area contributed by atoms with Gasteiger partial charge >= 0.3 is 12.2 Å². The molecule has 0 aliphatic heterocycles. The minimum atomic E-state index is -4.88. The number of carbonyl (C=O) groups excluding carboxylic acids is 1. The average molecular weight is 514 g/mol. The number of primary amides is 1. The number of anilines is 3. The number of nitrogens with zero attached hydrogens (tertiary/aromatic N) is 1. The zero-order valence-corrected chi connectivity index (χ0v) is 18.0. The van der Waals surface area contributed by atoms with Gasteiger partial charge in [-0.1, -0.05) is 36.4 Å². The number of benzene rings is 3. The molecule has 0 unspecified atom stereocenters. The van der Waals surface area contributed by atoms with Crippen molar-refractivity contribution in [2.75, 3.05) is 9.62 Å². The quantitative estimate of drug-likeness (QED) is 0.472. The largest absolute Gasteiger partial charge is 0.417 e. The van der Waals surface area contributed by atoms with Crippen LogP contribution in [0.15, 0.2) is 82.2 Å². The molecule has 6 nitrogen and oxygen atoms in total. The molecule has 3 N–H and O–H groups in total. The van der Waals surface area contributed by atoms with Gasteiger partial charge < -0.3 is 5.73 Å². The predicted molar refractivity (Wildman–Crippen MR) is 115 cm³/mol. The molecule has 0 radical (unpaired) electrons. The Bertz CT molecular complexity index is 1230. The number of amides is 2. The van der Waals surface area contributed by atoms with Crippen molar-refractivity contribution in [3.05, 3.63) is 82.8 Å². The normalized spacial score (nSPS) is 11.7. The Kier molecular flexibility index (Phi) is 6.27. The second-order valence-corrected chi connectivity index (χ2v) is 8.75. The molecule has 11 heteroatoms. The highest BCUT2D eigenvalue weighted by molar-refractivity contribution is 9.10. The Labute approximate surface area is 184 Å². The summed E-state index contributed by atoms with van der Waals surface area (Å²) in [6.07, 6.45) is -4.88. The van der Waals surface area contributed by atoms with E-state index in [1.807, 2.05) is 0 Å². The molecule has 0 aromatic heterocycles. The molecule has 0 atom stereocenters. The van der Waals surface area contributed by atoms with E-state index in [1.165, 1.54) is 30.3 Å². The van der Waals surface area contributed by atoms with Gasteiger partial charge in [0.25, 0.3) is 10.0 Å². The lowest BCUT2D eigenvalue weighted by molar-refractivity contribution is -0.139. The standard InChI is InChI=1S/C20H15BrF3N3O3S/c21-14-8-2-4-10-16(14)27(19(25)28)17-11-5-3-9-15(17)26-31(29,30)18-12-6-1-7-13(18)20(22,23)24/h1-12,26H,(H2,25,28). The van der Waals surface area contributed by atoms with Crippen molar-refractivity contribution in [2.45, 2.75) is 11.1 Å². The van der Waals surface area contributed by atoms with Crippen LogP contribution in [0.1, 0.15) is 5.56 Å². The van der Waals surface area contributed by atoms with Crippen LogP contribution in [0, 0.1) is 0 Å². The van der Waals surface area contributed by atoms with Gasteiger partial charge in [0, 0.05) is 4.47 Å². The summed E-state index contributed by atoms with van der Waals surface area (Å²) in [6.45, 7) is 0. The Morgan fingerprint density at radius 2 is 1.45 bits per heavy atom. The van der Waals surface area contributed by atoms with E-state index in [2.05, 4.69) is 20.7 Å². The zero-order chi connectivity index (χ0) is 22.8. The van der Waals surface area contributed by atoms with Crippen LogP contribution >= 0.6 is 15.9 Å². The van der Waals surface area contributed by atoms with Crippen molar-refractivity contribution < 1.29 is 26.4 Å². The van der Waals surface area contributed by atoms with Crippen LogP contribution < -0.4 is 15.4 Å². The van der Waals surface area contributed by atoms with Gasteiger partial charge in [-0.05, 0) is 52.3 Å². The molecule has 3 rings (SSSR count). The highest BCUT2D eigenvalue weighted by atomic mass is 79.9. The fraction of sp³-hybridized carbons (Fsp3) is 0.0500. The lowest BCUT2D eigenvalue weighted by Crippen LogP contribution is -2.32. The van der Waals surface area contributed by atoms with Gasteiger partial charge in [0.15, 0.2) is 0 Å². The number of sulfonamides is 1. The van der Waals surface area contributed by atoms with Crippen molar-refractivity contribution in [3.8, 4) is 0 Å². The van der Waals surface area contributed by atoms with E-state index in [0.717, 1.165) is 17.0 Å². The molecular weight excluding hydrogens is 499 g/mol. The van der Waals surface area contributed by atoms with Crippen LogP contribution in [0.4, 0.5) is 35.0 Å². The van der Waals surface area contributed by atoms with Gasteiger partial charge in [-0.25, -0.2) is 13.2 Å². The SMILES string of the molecule is NC(=O)N(c1ccccc1Br)c1ccccc1NS(=O)(=O)c1ccccc1C(F)(F)F. The zero-order valence-electron chi connectivity index (χ0n) is 15.6. The van der Waals surface area contributed by atoms with Crippen molar-refractivity contribution in [2.24, 2.45) is 5.73 Å². The maximum absolute atomic E-state index is 13.3. The summed E-state index contributed by atoms with van der Waals surface area (Å²) in [5, 5.41) is 0. The van der Waals surface area contributed by atoms with Crippen molar-refractivity contribution in [1.82, 2.24) is 0 Å². The number of rotatable bonds is 5. The summed E-state index contributed by atoms with van der Waals surface area (Å²) in [5.41, 5.74) is 4.45. The molecule has 0 aliphatic rings. The Hall–Kier alpha value is -3.05.